The number of piperidine rings is 1. The molecule has 3 aromatic rings. The van der Waals surface area contributed by atoms with E-state index in [1.165, 1.54) is 0 Å². The minimum Gasteiger partial charge on any atom is -0.497 e. The van der Waals surface area contributed by atoms with Gasteiger partial charge in [0, 0.05) is 29.8 Å². The Morgan fingerprint density at radius 2 is 1.36 bits per heavy atom. The van der Waals surface area contributed by atoms with E-state index in [1.807, 2.05) is 83.8 Å². The quantitative estimate of drug-likeness (QED) is 0.548. The molecule has 4 heteroatoms. The molecule has 1 amide bonds. The highest BCUT2D eigenvalue weighted by molar-refractivity contribution is 5.95. The van der Waals surface area contributed by atoms with Gasteiger partial charge in [-0.25, -0.2) is 0 Å². The van der Waals surface area contributed by atoms with Crippen molar-refractivity contribution in [3.05, 3.63) is 101 Å². The fraction of sp³-hybridized carbons (Fsp3) is 0.241. The number of benzene rings is 3. The molecule has 1 aliphatic heterocycles. The van der Waals surface area contributed by atoms with Crippen molar-refractivity contribution in [3.63, 3.8) is 0 Å². The largest absolute Gasteiger partial charge is 0.497 e. The molecule has 0 spiro atoms. The Labute approximate surface area is 195 Å². The van der Waals surface area contributed by atoms with Crippen molar-refractivity contribution in [1.82, 2.24) is 4.90 Å². The monoisotopic (exact) mass is 437 g/mol. The Morgan fingerprint density at radius 1 is 0.818 bits per heavy atom. The van der Waals surface area contributed by atoms with Gasteiger partial charge in [-0.15, -0.1) is 0 Å². The van der Waals surface area contributed by atoms with Crippen molar-refractivity contribution in [3.8, 4) is 17.6 Å². The van der Waals surface area contributed by atoms with E-state index < -0.39 is 5.41 Å². The molecule has 0 atom stereocenters. The minimum absolute atomic E-state index is 0.00474. The summed E-state index contributed by atoms with van der Waals surface area (Å²) < 4.78 is 5.16. The molecule has 4 nitrogen and oxygen atoms in total. The number of hydrogen-bond donors (Lipinski definition) is 0. The van der Waals surface area contributed by atoms with E-state index in [0.717, 1.165) is 22.4 Å². The predicted octanol–water partition coefficient (Wildman–Crippen LogP) is 4.86. The fourth-order valence-electron chi connectivity index (χ4n) is 4.39. The lowest BCUT2D eigenvalue weighted by molar-refractivity contribution is -0.124. The van der Waals surface area contributed by atoms with Gasteiger partial charge in [0.25, 0.3) is 5.91 Å². The van der Waals surface area contributed by atoms with Crippen molar-refractivity contribution in [2.75, 3.05) is 20.2 Å². The summed E-state index contributed by atoms with van der Waals surface area (Å²) in [6, 6.07) is 24.9. The number of likely N-dealkylation sites (tertiary alicyclic amines) is 1. The van der Waals surface area contributed by atoms with Crippen LogP contribution in [0.1, 0.15) is 46.8 Å². The molecule has 33 heavy (non-hydrogen) atoms. The second-order valence-corrected chi connectivity index (χ2v) is 8.35. The van der Waals surface area contributed by atoms with Gasteiger partial charge in [0.2, 0.25) is 0 Å². The summed E-state index contributed by atoms with van der Waals surface area (Å²) >= 11 is 0. The average Bonchev–Trinajstić information content (AvgIpc) is 2.88. The number of amides is 1. The average molecular weight is 438 g/mol. The first-order valence-electron chi connectivity index (χ1n) is 11.1. The molecule has 0 N–H and O–H groups in total. The molecule has 1 saturated heterocycles. The van der Waals surface area contributed by atoms with Crippen LogP contribution >= 0.6 is 0 Å². The van der Waals surface area contributed by atoms with Gasteiger partial charge in [-0.05, 0) is 73.9 Å². The molecule has 1 heterocycles. The molecular weight excluding hydrogens is 410 g/mol. The molecule has 1 aliphatic rings. The topological polar surface area (TPSA) is 46.6 Å². The zero-order valence-corrected chi connectivity index (χ0v) is 19.0. The van der Waals surface area contributed by atoms with Crippen LogP contribution in [0.2, 0.25) is 0 Å². The third-order valence-electron chi connectivity index (χ3n) is 6.48. The van der Waals surface area contributed by atoms with Crippen LogP contribution in [0.3, 0.4) is 0 Å². The van der Waals surface area contributed by atoms with Crippen LogP contribution in [0.5, 0.6) is 5.75 Å². The summed E-state index contributed by atoms with van der Waals surface area (Å²) in [6.45, 7) is 2.79. The van der Waals surface area contributed by atoms with Gasteiger partial charge in [-0.3, -0.25) is 9.59 Å². The molecule has 0 bridgehead atoms. The van der Waals surface area contributed by atoms with Crippen LogP contribution in [0.15, 0.2) is 78.9 Å². The smallest absolute Gasteiger partial charge is 0.253 e. The van der Waals surface area contributed by atoms with E-state index in [-0.39, 0.29) is 11.7 Å². The first kappa shape index (κ1) is 22.4. The number of hydrogen-bond acceptors (Lipinski definition) is 3. The van der Waals surface area contributed by atoms with Crippen LogP contribution in [-0.4, -0.2) is 36.8 Å². The summed E-state index contributed by atoms with van der Waals surface area (Å²) in [5, 5.41) is 0. The highest BCUT2D eigenvalue weighted by atomic mass is 16.5. The lowest BCUT2D eigenvalue weighted by atomic mass is 9.70. The third-order valence-corrected chi connectivity index (χ3v) is 6.48. The first-order valence-corrected chi connectivity index (χ1v) is 11.1. The van der Waals surface area contributed by atoms with E-state index in [1.54, 1.807) is 14.0 Å². The van der Waals surface area contributed by atoms with Crippen LogP contribution < -0.4 is 4.74 Å². The molecule has 0 aliphatic carbocycles. The lowest BCUT2D eigenvalue weighted by Crippen LogP contribution is -2.48. The van der Waals surface area contributed by atoms with Crippen molar-refractivity contribution < 1.29 is 14.3 Å². The minimum atomic E-state index is -0.501. The van der Waals surface area contributed by atoms with Crippen LogP contribution in [0, 0.1) is 11.8 Å². The number of carbonyl (C=O) groups excluding carboxylic acids is 2. The van der Waals surface area contributed by atoms with Gasteiger partial charge < -0.3 is 9.64 Å². The van der Waals surface area contributed by atoms with E-state index >= 15 is 0 Å². The van der Waals surface area contributed by atoms with Crippen molar-refractivity contribution in [2.24, 2.45) is 0 Å². The normalized spacial score (nSPS) is 14.7. The van der Waals surface area contributed by atoms with Gasteiger partial charge >= 0.3 is 0 Å². The molecule has 0 unspecified atom stereocenters. The fourth-order valence-corrected chi connectivity index (χ4v) is 4.39. The molecule has 166 valence electrons. The van der Waals surface area contributed by atoms with Gasteiger partial charge in [-0.1, -0.05) is 42.2 Å². The number of carbonyl (C=O) groups is 2. The number of rotatable bonds is 4. The number of ketones is 1. The van der Waals surface area contributed by atoms with Crippen molar-refractivity contribution in [2.45, 2.75) is 25.2 Å². The molecular formula is C29H27NO3. The summed E-state index contributed by atoms with van der Waals surface area (Å²) in [4.78, 5) is 27.5. The molecule has 4 rings (SSSR count). The number of Topliss-reactive ketones (excluding diaryl/α,β-unsaturated/α-hetero) is 1. The number of methoxy groups -OCH3 is 1. The lowest BCUT2D eigenvalue weighted by Gasteiger charge is -2.40. The number of ether oxygens (including phenoxy) is 1. The van der Waals surface area contributed by atoms with Crippen LogP contribution in [0.25, 0.3) is 0 Å². The summed E-state index contributed by atoms with van der Waals surface area (Å²) in [5.41, 5.74) is 2.93. The molecule has 0 saturated carbocycles. The van der Waals surface area contributed by atoms with Gasteiger partial charge in [0.15, 0.2) is 0 Å². The molecule has 1 fully saturated rings. The van der Waals surface area contributed by atoms with Crippen LogP contribution in [0.4, 0.5) is 0 Å². The highest BCUT2D eigenvalue weighted by Crippen LogP contribution is 2.36. The maximum absolute atomic E-state index is 13.1. The van der Waals surface area contributed by atoms with E-state index in [9.17, 15) is 9.59 Å². The maximum atomic E-state index is 13.1. The summed E-state index contributed by atoms with van der Waals surface area (Å²) in [5.74, 6) is 7.22. The zero-order chi connectivity index (χ0) is 23.3. The second-order valence-electron chi connectivity index (χ2n) is 8.35. The van der Waals surface area contributed by atoms with Gasteiger partial charge in [0.1, 0.15) is 11.5 Å². The zero-order valence-electron chi connectivity index (χ0n) is 19.0. The Bertz CT molecular complexity index is 1180. The first-order chi connectivity index (χ1) is 16.0. The van der Waals surface area contributed by atoms with E-state index in [4.69, 9.17) is 4.74 Å². The molecule has 0 aromatic heterocycles. The highest BCUT2D eigenvalue weighted by Gasteiger charge is 2.41. The predicted molar refractivity (Wildman–Crippen MR) is 129 cm³/mol. The van der Waals surface area contributed by atoms with Crippen molar-refractivity contribution >= 4 is 11.7 Å². The molecule has 3 aromatic carbocycles. The Balaban J connectivity index is 1.42. The Hall–Kier alpha value is -3.84. The van der Waals surface area contributed by atoms with Gasteiger partial charge in [-0.2, -0.15) is 0 Å². The SMILES string of the molecule is COc1ccc(C#Cc2ccc(C(=O)N3CCC(C(C)=O)(c4ccccc4)CC3)cc2)cc1. The summed E-state index contributed by atoms with van der Waals surface area (Å²) in [7, 11) is 1.64. The van der Waals surface area contributed by atoms with Crippen LogP contribution in [-0.2, 0) is 10.2 Å². The second kappa shape index (κ2) is 9.75. The van der Waals surface area contributed by atoms with Crippen molar-refractivity contribution in [1.29, 1.82) is 0 Å². The Morgan fingerprint density at radius 3 is 1.88 bits per heavy atom. The molecule has 0 radical (unpaired) electrons. The summed E-state index contributed by atoms with van der Waals surface area (Å²) in [6.07, 6.45) is 1.28. The standard InChI is InChI=1S/C29H27NO3/c1-22(31)29(26-6-4-3-5-7-26)18-20-30(21-19-29)28(32)25-14-10-23(11-15-25)8-9-24-12-16-27(33-2)17-13-24/h3-7,10-17H,18-21H2,1-2H3. The third kappa shape index (κ3) is 4.83. The van der Waals surface area contributed by atoms with E-state index in [2.05, 4.69) is 11.8 Å². The number of nitrogens with zero attached hydrogens (tertiary/aromatic N) is 1. The van der Waals surface area contributed by atoms with Gasteiger partial charge in [0.05, 0.1) is 12.5 Å². The maximum Gasteiger partial charge on any atom is 0.253 e. The Kier molecular flexibility index (Phi) is 6.60. The van der Waals surface area contributed by atoms with E-state index in [0.29, 0.717) is 31.5 Å².